The molecule has 0 saturated heterocycles. The fourth-order valence-corrected chi connectivity index (χ4v) is 1.95. The lowest BCUT2D eigenvalue weighted by atomic mass is 10.2. The molecule has 18 heavy (non-hydrogen) atoms. The van der Waals surface area contributed by atoms with Crippen LogP contribution in [0.4, 0.5) is 17.1 Å². The Kier molecular flexibility index (Phi) is 5.42. The SMILES string of the molecule is CCCCCN(C)c1cccc(NC)c1[N+](=O)[O-]. The zero-order valence-corrected chi connectivity index (χ0v) is 11.3. The van der Waals surface area contributed by atoms with E-state index in [1.54, 1.807) is 19.2 Å². The summed E-state index contributed by atoms with van der Waals surface area (Å²) in [4.78, 5) is 12.8. The van der Waals surface area contributed by atoms with Gasteiger partial charge in [-0.1, -0.05) is 25.8 Å². The summed E-state index contributed by atoms with van der Waals surface area (Å²) in [6.07, 6.45) is 3.34. The maximum Gasteiger partial charge on any atom is 0.315 e. The number of unbranched alkanes of at least 4 members (excludes halogenated alkanes) is 2. The molecule has 5 heteroatoms. The van der Waals surface area contributed by atoms with Crippen LogP contribution in [0.3, 0.4) is 0 Å². The zero-order chi connectivity index (χ0) is 13.5. The summed E-state index contributed by atoms with van der Waals surface area (Å²) in [6, 6.07) is 5.36. The molecule has 0 aromatic heterocycles. The molecule has 0 bridgehead atoms. The van der Waals surface area contributed by atoms with Crippen LogP contribution in [-0.4, -0.2) is 25.6 Å². The van der Waals surface area contributed by atoms with Crippen LogP contribution in [-0.2, 0) is 0 Å². The number of anilines is 2. The van der Waals surface area contributed by atoms with Gasteiger partial charge in [-0.25, -0.2) is 0 Å². The highest BCUT2D eigenvalue weighted by atomic mass is 16.6. The molecule has 0 fully saturated rings. The zero-order valence-electron chi connectivity index (χ0n) is 11.3. The summed E-state index contributed by atoms with van der Waals surface area (Å²) in [5.41, 5.74) is 1.38. The van der Waals surface area contributed by atoms with Gasteiger partial charge in [0.2, 0.25) is 0 Å². The van der Waals surface area contributed by atoms with Gasteiger partial charge in [0.15, 0.2) is 0 Å². The highest BCUT2D eigenvalue weighted by Gasteiger charge is 2.21. The van der Waals surface area contributed by atoms with Crippen LogP contribution in [0.25, 0.3) is 0 Å². The Morgan fingerprint density at radius 2 is 2.11 bits per heavy atom. The minimum Gasteiger partial charge on any atom is -0.382 e. The van der Waals surface area contributed by atoms with Gasteiger partial charge in [0.1, 0.15) is 11.4 Å². The van der Waals surface area contributed by atoms with Crippen LogP contribution in [0.15, 0.2) is 18.2 Å². The average Bonchev–Trinajstić information content (AvgIpc) is 2.37. The van der Waals surface area contributed by atoms with Gasteiger partial charge in [-0.15, -0.1) is 0 Å². The van der Waals surface area contributed by atoms with Crippen LogP contribution < -0.4 is 10.2 Å². The summed E-state index contributed by atoms with van der Waals surface area (Å²) in [5.74, 6) is 0. The summed E-state index contributed by atoms with van der Waals surface area (Å²) < 4.78 is 0. The van der Waals surface area contributed by atoms with Gasteiger partial charge in [0, 0.05) is 20.6 Å². The quantitative estimate of drug-likeness (QED) is 0.459. The molecule has 1 aromatic rings. The van der Waals surface area contributed by atoms with Crippen LogP contribution in [0, 0.1) is 10.1 Å². The van der Waals surface area contributed by atoms with Crippen molar-refractivity contribution in [2.75, 3.05) is 30.9 Å². The van der Waals surface area contributed by atoms with E-state index in [-0.39, 0.29) is 10.6 Å². The number of para-hydroxylation sites is 1. The predicted octanol–water partition coefficient (Wildman–Crippen LogP) is 3.26. The third kappa shape index (κ3) is 3.35. The van der Waals surface area contributed by atoms with Gasteiger partial charge in [0.05, 0.1) is 4.92 Å². The molecule has 0 saturated carbocycles. The van der Waals surface area contributed by atoms with Crippen LogP contribution >= 0.6 is 0 Å². The molecule has 1 aromatic carbocycles. The first-order valence-corrected chi connectivity index (χ1v) is 6.28. The molecule has 0 heterocycles. The predicted molar refractivity (Wildman–Crippen MR) is 75.4 cm³/mol. The number of nitrogens with one attached hydrogen (secondary N) is 1. The molecule has 100 valence electrons. The van der Waals surface area contributed by atoms with E-state index in [1.165, 1.54) is 0 Å². The Balaban J connectivity index is 2.96. The molecule has 0 radical (unpaired) electrons. The van der Waals surface area contributed by atoms with E-state index < -0.39 is 0 Å². The maximum absolute atomic E-state index is 11.2. The van der Waals surface area contributed by atoms with Crippen molar-refractivity contribution in [3.63, 3.8) is 0 Å². The molecule has 0 unspecified atom stereocenters. The van der Waals surface area contributed by atoms with E-state index in [4.69, 9.17) is 0 Å². The van der Waals surface area contributed by atoms with Crippen molar-refractivity contribution in [1.82, 2.24) is 0 Å². The first-order chi connectivity index (χ1) is 8.61. The molecule has 0 aliphatic carbocycles. The van der Waals surface area contributed by atoms with E-state index in [9.17, 15) is 10.1 Å². The molecular formula is C13H21N3O2. The third-order valence-electron chi connectivity index (χ3n) is 2.97. The minimum absolute atomic E-state index is 0.152. The summed E-state index contributed by atoms with van der Waals surface area (Å²) >= 11 is 0. The van der Waals surface area contributed by atoms with E-state index >= 15 is 0 Å². The number of nitro benzene ring substituents is 1. The van der Waals surface area contributed by atoms with Crippen LogP contribution in [0.2, 0.25) is 0 Å². The first kappa shape index (κ1) is 14.3. The second-order valence-corrected chi connectivity index (χ2v) is 4.31. The Morgan fingerprint density at radius 3 is 2.67 bits per heavy atom. The van der Waals surface area contributed by atoms with E-state index in [0.29, 0.717) is 11.4 Å². The highest BCUT2D eigenvalue weighted by molar-refractivity contribution is 5.76. The minimum atomic E-state index is -0.322. The van der Waals surface area contributed by atoms with Crippen molar-refractivity contribution >= 4 is 17.1 Å². The molecule has 0 aliphatic rings. The van der Waals surface area contributed by atoms with Gasteiger partial charge in [-0.2, -0.15) is 0 Å². The van der Waals surface area contributed by atoms with Gasteiger partial charge < -0.3 is 10.2 Å². The molecule has 0 amide bonds. The summed E-state index contributed by atoms with van der Waals surface area (Å²) in [5, 5.41) is 14.0. The number of rotatable bonds is 7. The Hall–Kier alpha value is -1.78. The molecule has 0 spiro atoms. The largest absolute Gasteiger partial charge is 0.382 e. The summed E-state index contributed by atoms with van der Waals surface area (Å²) in [6.45, 7) is 2.98. The third-order valence-corrected chi connectivity index (χ3v) is 2.97. The van der Waals surface area contributed by atoms with Crippen molar-refractivity contribution in [3.8, 4) is 0 Å². The Morgan fingerprint density at radius 1 is 1.39 bits per heavy atom. The Labute approximate surface area is 108 Å². The van der Waals surface area contributed by atoms with Gasteiger partial charge in [-0.3, -0.25) is 10.1 Å². The smallest absolute Gasteiger partial charge is 0.315 e. The first-order valence-electron chi connectivity index (χ1n) is 6.28. The van der Waals surface area contributed by atoms with Crippen molar-refractivity contribution < 1.29 is 4.92 Å². The van der Waals surface area contributed by atoms with Crippen molar-refractivity contribution in [2.24, 2.45) is 0 Å². The van der Waals surface area contributed by atoms with Crippen LogP contribution in [0.5, 0.6) is 0 Å². The maximum atomic E-state index is 11.2. The number of hydrogen-bond donors (Lipinski definition) is 1. The van der Waals surface area contributed by atoms with Crippen molar-refractivity contribution in [3.05, 3.63) is 28.3 Å². The lowest BCUT2D eigenvalue weighted by Crippen LogP contribution is -2.20. The number of nitro groups is 1. The number of benzene rings is 1. The molecule has 0 atom stereocenters. The lowest BCUT2D eigenvalue weighted by Gasteiger charge is -2.20. The van der Waals surface area contributed by atoms with Gasteiger partial charge in [0.25, 0.3) is 0 Å². The molecule has 1 rings (SSSR count). The van der Waals surface area contributed by atoms with E-state index in [2.05, 4.69) is 12.2 Å². The monoisotopic (exact) mass is 251 g/mol. The van der Waals surface area contributed by atoms with Gasteiger partial charge >= 0.3 is 5.69 Å². The van der Waals surface area contributed by atoms with Crippen LogP contribution in [0.1, 0.15) is 26.2 Å². The molecule has 1 N–H and O–H groups in total. The van der Waals surface area contributed by atoms with E-state index in [0.717, 1.165) is 25.8 Å². The highest BCUT2D eigenvalue weighted by Crippen LogP contribution is 2.34. The van der Waals surface area contributed by atoms with Gasteiger partial charge in [-0.05, 0) is 18.6 Å². The van der Waals surface area contributed by atoms with Crippen molar-refractivity contribution in [1.29, 1.82) is 0 Å². The standard InChI is InChI=1S/C13H21N3O2/c1-4-5-6-10-15(3)12-9-7-8-11(14-2)13(12)16(17)18/h7-9,14H,4-6,10H2,1-3H3. The fourth-order valence-electron chi connectivity index (χ4n) is 1.95. The average molecular weight is 251 g/mol. The van der Waals surface area contributed by atoms with E-state index in [1.807, 2.05) is 18.0 Å². The molecular weight excluding hydrogens is 230 g/mol. The normalized spacial score (nSPS) is 10.2. The lowest BCUT2D eigenvalue weighted by molar-refractivity contribution is -0.383. The molecule has 0 aliphatic heterocycles. The Bertz CT molecular complexity index is 407. The fraction of sp³-hybridized carbons (Fsp3) is 0.538. The van der Waals surface area contributed by atoms with Crippen molar-refractivity contribution in [2.45, 2.75) is 26.2 Å². The topological polar surface area (TPSA) is 58.4 Å². The number of hydrogen-bond acceptors (Lipinski definition) is 4. The summed E-state index contributed by atoms with van der Waals surface area (Å²) in [7, 11) is 3.60. The second-order valence-electron chi connectivity index (χ2n) is 4.31. The second kappa shape index (κ2) is 6.83. The molecule has 5 nitrogen and oxygen atoms in total. The number of nitrogens with zero attached hydrogens (tertiary/aromatic N) is 2.